The Morgan fingerprint density at radius 3 is 2.26 bits per heavy atom. The van der Waals surface area contributed by atoms with E-state index < -0.39 is 6.04 Å². The molecule has 178 valence electrons. The van der Waals surface area contributed by atoms with E-state index in [1.807, 2.05) is 55.5 Å². The van der Waals surface area contributed by atoms with Crippen LogP contribution in [-0.4, -0.2) is 35.1 Å². The topological polar surface area (TPSA) is 49.4 Å². The smallest absolute Gasteiger partial charge is 0.243 e. The number of nitrogens with zero attached hydrogens (tertiary/aromatic N) is 1. The molecule has 2 amide bonds. The predicted molar refractivity (Wildman–Crippen MR) is 142 cm³/mol. The van der Waals surface area contributed by atoms with Crippen molar-refractivity contribution >= 4 is 58.4 Å². The second-order valence-corrected chi connectivity index (χ2v) is 9.91. The highest BCUT2D eigenvalue weighted by Gasteiger charge is 2.30. The highest BCUT2D eigenvalue weighted by molar-refractivity contribution is 8.00. The van der Waals surface area contributed by atoms with Gasteiger partial charge in [-0.3, -0.25) is 9.59 Å². The van der Waals surface area contributed by atoms with Gasteiger partial charge in [-0.25, -0.2) is 0 Å². The predicted octanol–water partition coefficient (Wildman–Crippen LogP) is 6.52. The van der Waals surface area contributed by atoms with E-state index >= 15 is 0 Å². The van der Waals surface area contributed by atoms with Gasteiger partial charge < -0.3 is 10.2 Å². The van der Waals surface area contributed by atoms with Gasteiger partial charge in [0.15, 0.2) is 0 Å². The molecule has 1 atom stereocenters. The maximum atomic E-state index is 13.5. The zero-order valence-electron chi connectivity index (χ0n) is 18.6. The summed E-state index contributed by atoms with van der Waals surface area (Å²) in [5.74, 6) is -0.178. The molecule has 8 heteroatoms. The molecule has 0 aliphatic carbocycles. The molecule has 0 unspecified atom stereocenters. The molecule has 3 aromatic rings. The van der Waals surface area contributed by atoms with E-state index in [4.69, 9.17) is 34.8 Å². The van der Waals surface area contributed by atoms with Gasteiger partial charge >= 0.3 is 0 Å². The molecule has 3 rings (SSSR count). The van der Waals surface area contributed by atoms with Gasteiger partial charge in [0.1, 0.15) is 6.04 Å². The van der Waals surface area contributed by atoms with Gasteiger partial charge in [0, 0.05) is 29.4 Å². The SMILES string of the molecule is CCNC(=O)[C@@H](Cc1ccccc1)N(Cc1ccc(Cl)c(Cl)c1)C(=O)CSc1ccc(Cl)cc1. The van der Waals surface area contributed by atoms with E-state index in [9.17, 15) is 9.59 Å². The number of rotatable bonds is 10. The highest BCUT2D eigenvalue weighted by atomic mass is 35.5. The molecular weight excluding hydrogens is 511 g/mol. The number of carbonyl (C=O) groups is 2. The molecule has 1 N–H and O–H groups in total. The summed E-state index contributed by atoms with van der Waals surface area (Å²) >= 11 is 19.7. The summed E-state index contributed by atoms with van der Waals surface area (Å²) < 4.78 is 0. The van der Waals surface area contributed by atoms with Crippen LogP contribution in [0.2, 0.25) is 15.1 Å². The molecule has 0 radical (unpaired) electrons. The van der Waals surface area contributed by atoms with Crippen molar-refractivity contribution in [3.05, 3.63) is 99.0 Å². The maximum Gasteiger partial charge on any atom is 0.243 e. The number of carbonyl (C=O) groups excluding carboxylic acids is 2. The first-order valence-corrected chi connectivity index (χ1v) is 12.9. The van der Waals surface area contributed by atoms with E-state index in [1.54, 1.807) is 29.2 Å². The van der Waals surface area contributed by atoms with Gasteiger partial charge in [0.05, 0.1) is 15.8 Å². The van der Waals surface area contributed by atoms with Gasteiger partial charge in [-0.15, -0.1) is 11.8 Å². The van der Waals surface area contributed by atoms with Crippen molar-refractivity contribution in [3.63, 3.8) is 0 Å². The number of hydrogen-bond acceptors (Lipinski definition) is 3. The largest absolute Gasteiger partial charge is 0.355 e. The molecule has 0 saturated heterocycles. The molecular formula is C26H25Cl3N2O2S. The number of amides is 2. The molecule has 4 nitrogen and oxygen atoms in total. The minimum absolute atomic E-state index is 0.154. The quantitative estimate of drug-likeness (QED) is 0.301. The first kappa shape index (κ1) is 26.4. The lowest BCUT2D eigenvalue weighted by Gasteiger charge is -2.31. The Labute approximate surface area is 219 Å². The van der Waals surface area contributed by atoms with Crippen molar-refractivity contribution in [2.45, 2.75) is 30.8 Å². The van der Waals surface area contributed by atoms with Crippen LogP contribution in [0.3, 0.4) is 0 Å². The summed E-state index contributed by atoms with van der Waals surface area (Å²) in [6.07, 6.45) is 0.394. The third-order valence-corrected chi connectivity index (χ3v) is 7.12. The monoisotopic (exact) mass is 534 g/mol. The van der Waals surface area contributed by atoms with Crippen LogP contribution in [0.15, 0.2) is 77.7 Å². The summed E-state index contributed by atoms with van der Waals surface area (Å²) in [5, 5.41) is 4.36. The zero-order chi connectivity index (χ0) is 24.5. The maximum absolute atomic E-state index is 13.5. The van der Waals surface area contributed by atoms with Crippen LogP contribution in [-0.2, 0) is 22.6 Å². The second-order valence-electron chi connectivity index (χ2n) is 7.61. The van der Waals surface area contributed by atoms with Crippen molar-refractivity contribution in [1.29, 1.82) is 0 Å². The standard InChI is InChI=1S/C26H25Cl3N2O2S/c1-2-30-26(33)24(15-18-6-4-3-5-7-18)31(16-19-8-13-22(28)23(29)14-19)25(32)17-34-21-11-9-20(27)10-12-21/h3-14,24H,2,15-17H2,1H3,(H,30,33)/t24-/m1/s1. The van der Waals surface area contributed by atoms with Crippen LogP contribution in [0.25, 0.3) is 0 Å². The Morgan fingerprint density at radius 2 is 1.62 bits per heavy atom. The van der Waals surface area contributed by atoms with Crippen LogP contribution in [0, 0.1) is 0 Å². The lowest BCUT2D eigenvalue weighted by Crippen LogP contribution is -2.51. The number of thioether (sulfide) groups is 1. The molecule has 0 bridgehead atoms. The molecule has 0 fully saturated rings. The molecule has 0 spiro atoms. The van der Waals surface area contributed by atoms with Crippen molar-refractivity contribution in [3.8, 4) is 0 Å². The number of hydrogen-bond donors (Lipinski definition) is 1. The Morgan fingerprint density at radius 1 is 0.912 bits per heavy atom. The number of nitrogens with one attached hydrogen (secondary N) is 1. The van der Waals surface area contributed by atoms with Gasteiger partial charge in [-0.05, 0) is 54.4 Å². The minimum atomic E-state index is -0.685. The molecule has 34 heavy (non-hydrogen) atoms. The average Bonchev–Trinajstić information content (AvgIpc) is 2.83. The third-order valence-electron chi connectivity index (χ3n) is 5.13. The summed E-state index contributed by atoms with van der Waals surface area (Å²) in [6, 6.07) is 21.5. The van der Waals surface area contributed by atoms with Crippen LogP contribution in [0.4, 0.5) is 0 Å². The van der Waals surface area contributed by atoms with Gasteiger partial charge in [0.25, 0.3) is 0 Å². The Kier molecular flexibility index (Phi) is 10.1. The summed E-state index contributed by atoms with van der Waals surface area (Å²) in [6.45, 7) is 2.56. The molecule has 0 heterocycles. The number of halogens is 3. The zero-order valence-corrected chi connectivity index (χ0v) is 21.7. The second kappa shape index (κ2) is 13.1. The Bertz CT molecular complexity index is 1110. The van der Waals surface area contributed by atoms with Crippen molar-refractivity contribution in [1.82, 2.24) is 10.2 Å². The van der Waals surface area contributed by atoms with Crippen LogP contribution < -0.4 is 5.32 Å². The fraction of sp³-hybridized carbons (Fsp3) is 0.231. The normalized spacial score (nSPS) is 11.6. The highest BCUT2D eigenvalue weighted by Crippen LogP contribution is 2.26. The number of likely N-dealkylation sites (N-methyl/N-ethyl adjacent to an activating group) is 1. The van der Waals surface area contributed by atoms with E-state index in [1.165, 1.54) is 11.8 Å². The lowest BCUT2D eigenvalue weighted by atomic mass is 10.0. The van der Waals surface area contributed by atoms with Gasteiger partial charge in [-0.1, -0.05) is 71.2 Å². The molecule has 0 aromatic heterocycles. The van der Waals surface area contributed by atoms with E-state index in [0.29, 0.717) is 28.0 Å². The van der Waals surface area contributed by atoms with E-state index in [2.05, 4.69) is 5.32 Å². The summed E-state index contributed by atoms with van der Waals surface area (Å²) in [4.78, 5) is 29.2. The summed E-state index contributed by atoms with van der Waals surface area (Å²) in [7, 11) is 0. The average molecular weight is 536 g/mol. The Balaban J connectivity index is 1.90. The number of benzene rings is 3. The van der Waals surface area contributed by atoms with Crippen molar-refractivity contribution < 1.29 is 9.59 Å². The van der Waals surface area contributed by atoms with Crippen LogP contribution >= 0.6 is 46.6 Å². The Hall–Kier alpha value is -2.18. The van der Waals surface area contributed by atoms with Crippen LogP contribution in [0.5, 0.6) is 0 Å². The van der Waals surface area contributed by atoms with Gasteiger partial charge in [0.2, 0.25) is 11.8 Å². The molecule has 3 aromatic carbocycles. The van der Waals surface area contributed by atoms with Gasteiger partial charge in [-0.2, -0.15) is 0 Å². The molecule has 0 aliphatic rings. The van der Waals surface area contributed by atoms with E-state index in [-0.39, 0.29) is 24.1 Å². The molecule has 0 aliphatic heterocycles. The third kappa shape index (κ3) is 7.67. The van der Waals surface area contributed by atoms with Crippen molar-refractivity contribution in [2.24, 2.45) is 0 Å². The van der Waals surface area contributed by atoms with Crippen molar-refractivity contribution in [2.75, 3.05) is 12.3 Å². The summed E-state index contributed by atoms with van der Waals surface area (Å²) in [5.41, 5.74) is 1.76. The first-order chi connectivity index (χ1) is 16.4. The lowest BCUT2D eigenvalue weighted by molar-refractivity contribution is -0.139. The van der Waals surface area contributed by atoms with Crippen LogP contribution in [0.1, 0.15) is 18.1 Å². The fourth-order valence-electron chi connectivity index (χ4n) is 3.44. The first-order valence-electron chi connectivity index (χ1n) is 10.8. The van der Waals surface area contributed by atoms with E-state index in [0.717, 1.165) is 16.0 Å². The fourth-order valence-corrected chi connectivity index (χ4v) is 4.67. The molecule has 0 saturated carbocycles. The minimum Gasteiger partial charge on any atom is -0.355 e.